The fraction of sp³-hybridized carbons (Fsp3) is 0.562. The van der Waals surface area contributed by atoms with Crippen molar-refractivity contribution in [2.75, 3.05) is 0 Å². The Bertz CT molecular complexity index is 886. The van der Waals surface area contributed by atoms with E-state index < -0.39 is 0 Å². The van der Waals surface area contributed by atoms with E-state index >= 15 is 0 Å². The van der Waals surface area contributed by atoms with E-state index in [9.17, 15) is 0 Å². The molecule has 4 heteroatoms. The molecule has 0 aromatic carbocycles. The molecule has 3 heterocycles. The molecule has 2 nitrogen and oxygen atoms in total. The summed E-state index contributed by atoms with van der Waals surface area (Å²) in [6.45, 7) is 2.21. The summed E-state index contributed by atoms with van der Waals surface area (Å²) >= 11 is 0. The highest BCUT2D eigenvalue weighted by molar-refractivity contribution is 5.30. The van der Waals surface area contributed by atoms with Crippen molar-refractivity contribution in [3.05, 3.63) is 60.2 Å². The molecule has 1 aliphatic heterocycles. The van der Waals surface area contributed by atoms with Gasteiger partial charge in [0, 0.05) is 37.8 Å². The molecule has 0 radical (unpaired) electrons. The lowest BCUT2D eigenvalue weighted by Gasteiger charge is -2.02. The average Bonchev–Trinajstić information content (AvgIpc) is 2.86. The summed E-state index contributed by atoms with van der Waals surface area (Å²) in [5, 5.41) is 0. The van der Waals surface area contributed by atoms with Gasteiger partial charge in [-0.25, -0.2) is 9.13 Å². The molecule has 0 spiro atoms. The molecular weight excluding hydrogens is 572 g/mol. The zero-order valence-electron chi connectivity index (χ0n) is 22.0. The first-order valence-corrected chi connectivity index (χ1v) is 13.9. The number of hydrogen-bond acceptors (Lipinski definition) is 0. The number of rotatable bonds is 0. The number of hydrogen-bond donors (Lipinski definition) is 0. The first kappa shape index (κ1) is 32.4. The molecule has 0 fully saturated rings. The molecule has 0 N–H and O–H groups in total. The van der Waals surface area contributed by atoms with Crippen LogP contribution in [0.4, 0.5) is 0 Å². The van der Waals surface area contributed by atoms with Gasteiger partial charge in [0.1, 0.15) is 13.1 Å². The van der Waals surface area contributed by atoms with Crippen molar-refractivity contribution in [3.63, 3.8) is 0 Å². The minimum Gasteiger partial charge on any atom is -1.00 e. The van der Waals surface area contributed by atoms with Gasteiger partial charge in [-0.15, -0.1) is 0 Å². The molecule has 4 bridgehead atoms. The molecule has 3 rings (SSSR count). The second-order valence-electron chi connectivity index (χ2n) is 9.71. The van der Waals surface area contributed by atoms with E-state index in [0.717, 1.165) is 37.1 Å². The van der Waals surface area contributed by atoms with Gasteiger partial charge in [-0.2, -0.15) is 0 Å². The van der Waals surface area contributed by atoms with Crippen LogP contribution >= 0.6 is 0 Å². The number of aryl methyl sites for hydroxylation is 2. The minimum atomic E-state index is 0. The lowest BCUT2D eigenvalue weighted by molar-refractivity contribution is -0.697. The number of aromatic nitrogens is 2. The molecule has 2 aromatic heterocycles. The van der Waals surface area contributed by atoms with Crippen LogP contribution in [0.5, 0.6) is 0 Å². The normalized spacial score (nSPS) is 16.7. The molecule has 0 amide bonds. The number of nitrogens with zero attached hydrogens (tertiary/aromatic N) is 2. The maximum Gasteiger partial charge on any atom is 0.184 e. The van der Waals surface area contributed by atoms with Crippen LogP contribution < -0.4 is 43.1 Å². The van der Waals surface area contributed by atoms with Crippen LogP contribution in [0, 0.1) is 23.7 Å². The van der Waals surface area contributed by atoms with E-state index in [-0.39, 0.29) is 34.0 Å². The minimum absolute atomic E-state index is 0. The van der Waals surface area contributed by atoms with Crippen LogP contribution in [0.15, 0.2) is 49.1 Å². The number of halogens is 2. The van der Waals surface area contributed by atoms with Gasteiger partial charge in [-0.3, -0.25) is 0 Å². The van der Waals surface area contributed by atoms with E-state index in [1.165, 1.54) is 89.9 Å². The van der Waals surface area contributed by atoms with Crippen LogP contribution in [-0.2, 0) is 13.1 Å². The second kappa shape index (κ2) is 21.5. The average molecular weight is 617 g/mol. The zero-order chi connectivity index (χ0) is 23.5. The summed E-state index contributed by atoms with van der Waals surface area (Å²) in [6, 6.07) is 8.56. The third-order valence-corrected chi connectivity index (χ3v) is 6.62. The van der Waals surface area contributed by atoms with Crippen molar-refractivity contribution in [2.45, 2.75) is 116 Å². The Labute approximate surface area is 241 Å². The van der Waals surface area contributed by atoms with E-state index in [1.807, 2.05) is 0 Å². The molecule has 0 unspecified atom stereocenters. The predicted octanol–water partition coefficient (Wildman–Crippen LogP) is 0.928. The van der Waals surface area contributed by atoms with Crippen molar-refractivity contribution in [1.82, 2.24) is 0 Å². The summed E-state index contributed by atoms with van der Waals surface area (Å²) < 4.78 is 4.63. The molecule has 2 aromatic rings. The second-order valence-corrected chi connectivity index (χ2v) is 9.71. The molecular formula is C32H44Br2N2. The SMILES string of the molecule is C1#Cc2ccc[n+](c2)CCCCCCCCCC[n+]2cccc(c2)C#CCCCCCCCC1.[Br-].[Br-]. The van der Waals surface area contributed by atoms with Crippen LogP contribution in [0.1, 0.15) is 114 Å². The van der Waals surface area contributed by atoms with Gasteiger partial charge in [-0.1, -0.05) is 75.0 Å². The molecule has 36 heavy (non-hydrogen) atoms. The van der Waals surface area contributed by atoms with Gasteiger partial charge in [0.05, 0.1) is 11.1 Å². The molecule has 196 valence electrons. The van der Waals surface area contributed by atoms with Crippen LogP contribution in [0.3, 0.4) is 0 Å². The fourth-order valence-corrected chi connectivity index (χ4v) is 4.58. The van der Waals surface area contributed by atoms with Crippen molar-refractivity contribution >= 4 is 0 Å². The quantitative estimate of drug-likeness (QED) is 0.308. The van der Waals surface area contributed by atoms with Crippen molar-refractivity contribution in [3.8, 4) is 23.7 Å². The third kappa shape index (κ3) is 14.8. The van der Waals surface area contributed by atoms with Gasteiger partial charge >= 0.3 is 0 Å². The Hall–Kier alpha value is -1.62. The van der Waals surface area contributed by atoms with Crippen molar-refractivity contribution in [2.24, 2.45) is 0 Å². The highest BCUT2D eigenvalue weighted by Gasteiger charge is 2.03. The summed E-state index contributed by atoms with van der Waals surface area (Å²) in [5.74, 6) is 13.5. The smallest absolute Gasteiger partial charge is 0.184 e. The predicted molar refractivity (Wildman–Crippen MR) is 141 cm³/mol. The first-order chi connectivity index (χ1) is 16.9. The van der Waals surface area contributed by atoms with E-state index in [0.29, 0.717) is 0 Å². The van der Waals surface area contributed by atoms with Crippen molar-refractivity contribution < 1.29 is 43.1 Å². The van der Waals surface area contributed by atoms with E-state index in [4.69, 9.17) is 0 Å². The van der Waals surface area contributed by atoms with Gasteiger partial charge < -0.3 is 34.0 Å². The van der Waals surface area contributed by atoms with Crippen LogP contribution in [0.25, 0.3) is 0 Å². The lowest BCUT2D eigenvalue weighted by atomic mass is 10.1. The first-order valence-electron chi connectivity index (χ1n) is 13.9. The number of pyridine rings is 2. The molecule has 0 saturated heterocycles. The van der Waals surface area contributed by atoms with E-state index in [2.05, 4.69) is 81.9 Å². The fourth-order valence-electron chi connectivity index (χ4n) is 4.58. The maximum absolute atomic E-state index is 3.38. The third-order valence-electron chi connectivity index (χ3n) is 6.62. The molecule has 0 aliphatic carbocycles. The molecule has 0 atom stereocenters. The van der Waals surface area contributed by atoms with Crippen LogP contribution in [0.2, 0.25) is 0 Å². The molecule has 1 aliphatic rings. The summed E-state index contributed by atoms with van der Waals surface area (Å²) in [7, 11) is 0. The summed E-state index contributed by atoms with van der Waals surface area (Å²) in [4.78, 5) is 0. The van der Waals surface area contributed by atoms with Gasteiger partial charge in [0.2, 0.25) is 0 Å². The Morgan fingerprint density at radius 1 is 0.472 bits per heavy atom. The van der Waals surface area contributed by atoms with Crippen LogP contribution in [-0.4, -0.2) is 0 Å². The molecule has 0 saturated carbocycles. The summed E-state index contributed by atoms with van der Waals surface area (Å²) in [5.41, 5.74) is 2.31. The standard InChI is InChI=1S/C32H44N2.2BrH/c1-2-4-8-12-16-22-32-24-20-28-34(30-32)26-18-14-10-6-5-9-13-17-25-33-27-19-23-31(29-33)21-15-11-7-3-1;;/h19-20,23-24,27-30H,1-14,17-18,25-26H2;2*1H/q+2;;/p-2. The lowest BCUT2D eigenvalue weighted by Crippen LogP contribution is -3.00. The maximum atomic E-state index is 3.38. The van der Waals surface area contributed by atoms with Gasteiger partial charge in [0.15, 0.2) is 24.8 Å². The highest BCUT2D eigenvalue weighted by atomic mass is 79.9. The highest BCUT2D eigenvalue weighted by Crippen LogP contribution is 2.10. The Morgan fingerprint density at radius 2 is 0.833 bits per heavy atom. The van der Waals surface area contributed by atoms with Gasteiger partial charge in [-0.05, 0) is 37.8 Å². The Kier molecular flexibility index (Phi) is 19.3. The zero-order valence-corrected chi connectivity index (χ0v) is 25.2. The monoisotopic (exact) mass is 614 g/mol. The summed E-state index contributed by atoms with van der Waals surface area (Å²) in [6.07, 6.45) is 29.1. The number of fused-ring (bicyclic) bond motifs is 4. The Balaban J connectivity index is 0.00000324. The Morgan fingerprint density at radius 3 is 1.25 bits per heavy atom. The van der Waals surface area contributed by atoms with Crippen molar-refractivity contribution in [1.29, 1.82) is 0 Å². The van der Waals surface area contributed by atoms with Gasteiger partial charge in [0.25, 0.3) is 0 Å². The van der Waals surface area contributed by atoms with E-state index in [1.54, 1.807) is 0 Å². The largest absolute Gasteiger partial charge is 1.00 e. The topological polar surface area (TPSA) is 7.76 Å².